The van der Waals surface area contributed by atoms with Gasteiger partial charge in [-0.05, 0) is 74.3 Å². The summed E-state index contributed by atoms with van der Waals surface area (Å²) < 4.78 is 0. The minimum Gasteiger partial charge on any atom is -0.339 e. The highest BCUT2D eigenvalue weighted by atomic mass is 16.2. The number of piperidine rings is 2. The first-order valence-electron chi connectivity index (χ1n) is 10.9. The number of aryl methyl sites for hydroxylation is 1. The van der Waals surface area contributed by atoms with Crippen molar-refractivity contribution in [1.82, 2.24) is 4.90 Å². The van der Waals surface area contributed by atoms with E-state index in [2.05, 4.69) is 30.3 Å². The van der Waals surface area contributed by atoms with E-state index in [9.17, 15) is 9.59 Å². The van der Waals surface area contributed by atoms with Crippen molar-refractivity contribution in [2.75, 3.05) is 24.5 Å². The fourth-order valence-electron chi connectivity index (χ4n) is 4.49. The number of hydrogen-bond acceptors (Lipinski definition) is 2. The summed E-state index contributed by atoms with van der Waals surface area (Å²) in [6.45, 7) is 2.46. The normalized spacial score (nSPS) is 18.1. The van der Waals surface area contributed by atoms with Gasteiger partial charge in [-0.15, -0.1) is 0 Å². The fourth-order valence-corrected chi connectivity index (χ4v) is 4.49. The van der Waals surface area contributed by atoms with Crippen LogP contribution in [-0.4, -0.2) is 36.3 Å². The lowest BCUT2D eigenvalue weighted by Gasteiger charge is -2.32. The van der Waals surface area contributed by atoms with E-state index in [0.29, 0.717) is 12.3 Å². The Balaban J connectivity index is 1.28. The number of carbonyl (C=O) groups excluding carboxylic acids is 2. The van der Waals surface area contributed by atoms with E-state index >= 15 is 0 Å². The zero-order valence-corrected chi connectivity index (χ0v) is 17.1. The summed E-state index contributed by atoms with van der Waals surface area (Å²) in [5, 5.41) is 0. The van der Waals surface area contributed by atoms with E-state index in [4.69, 9.17) is 0 Å². The molecule has 4 nitrogen and oxygen atoms in total. The van der Waals surface area contributed by atoms with Crippen LogP contribution in [0, 0.1) is 5.92 Å². The predicted molar refractivity (Wildman–Crippen MR) is 116 cm³/mol. The Morgan fingerprint density at radius 3 is 2.31 bits per heavy atom. The Bertz CT molecular complexity index is 824. The molecule has 0 bridgehead atoms. The van der Waals surface area contributed by atoms with Gasteiger partial charge in [0.15, 0.2) is 0 Å². The zero-order valence-electron chi connectivity index (χ0n) is 17.1. The molecule has 0 radical (unpaired) electrons. The first-order valence-corrected chi connectivity index (χ1v) is 10.9. The smallest absolute Gasteiger partial charge is 0.253 e. The second kappa shape index (κ2) is 9.25. The van der Waals surface area contributed by atoms with Gasteiger partial charge in [-0.3, -0.25) is 9.59 Å². The minimum absolute atomic E-state index is 0.114. The van der Waals surface area contributed by atoms with Gasteiger partial charge in [-0.25, -0.2) is 0 Å². The molecule has 0 aromatic heterocycles. The molecule has 152 valence electrons. The van der Waals surface area contributed by atoms with Gasteiger partial charge in [0.05, 0.1) is 0 Å². The van der Waals surface area contributed by atoms with E-state index in [1.54, 1.807) is 0 Å². The molecule has 0 unspecified atom stereocenters. The molecular weight excluding hydrogens is 360 g/mol. The summed E-state index contributed by atoms with van der Waals surface area (Å²) in [5.41, 5.74) is 3.03. The Hall–Kier alpha value is -2.62. The molecule has 2 aromatic carbocycles. The van der Waals surface area contributed by atoms with Crippen LogP contribution in [0.4, 0.5) is 5.69 Å². The lowest BCUT2D eigenvalue weighted by molar-refractivity contribution is -0.119. The summed E-state index contributed by atoms with van der Waals surface area (Å²) in [5.74, 6) is 1.00. The number of likely N-dealkylation sites (tertiary alicyclic amines) is 1. The SMILES string of the molecule is O=C(c1ccc(N2CCCCC2=O)cc1)N1CCC(CCc2ccccc2)CC1. The van der Waals surface area contributed by atoms with Crippen LogP contribution in [0.25, 0.3) is 0 Å². The molecule has 2 saturated heterocycles. The molecule has 2 aliphatic rings. The number of hydrogen-bond donors (Lipinski definition) is 0. The van der Waals surface area contributed by atoms with Crippen LogP contribution < -0.4 is 4.90 Å². The van der Waals surface area contributed by atoms with Crippen molar-refractivity contribution < 1.29 is 9.59 Å². The molecule has 4 rings (SSSR count). The molecule has 0 N–H and O–H groups in total. The van der Waals surface area contributed by atoms with Crippen molar-refractivity contribution in [1.29, 1.82) is 0 Å². The maximum Gasteiger partial charge on any atom is 0.253 e. The first kappa shape index (κ1) is 19.7. The third-order valence-corrected chi connectivity index (χ3v) is 6.34. The fraction of sp³-hybridized carbons (Fsp3) is 0.440. The van der Waals surface area contributed by atoms with E-state index in [1.807, 2.05) is 34.1 Å². The van der Waals surface area contributed by atoms with Gasteiger partial charge in [-0.2, -0.15) is 0 Å². The monoisotopic (exact) mass is 390 g/mol. The number of nitrogens with zero attached hydrogens (tertiary/aromatic N) is 2. The number of anilines is 1. The van der Waals surface area contributed by atoms with Crippen LogP contribution in [0.15, 0.2) is 54.6 Å². The van der Waals surface area contributed by atoms with Crippen LogP contribution >= 0.6 is 0 Å². The highest BCUT2D eigenvalue weighted by Crippen LogP contribution is 2.25. The van der Waals surface area contributed by atoms with Gasteiger partial charge in [0.1, 0.15) is 0 Å². The van der Waals surface area contributed by atoms with E-state index < -0.39 is 0 Å². The maximum absolute atomic E-state index is 12.9. The lowest BCUT2D eigenvalue weighted by Crippen LogP contribution is -2.38. The van der Waals surface area contributed by atoms with Crippen molar-refractivity contribution >= 4 is 17.5 Å². The van der Waals surface area contributed by atoms with Crippen molar-refractivity contribution in [3.63, 3.8) is 0 Å². The molecule has 2 aliphatic heterocycles. The highest BCUT2D eigenvalue weighted by Gasteiger charge is 2.24. The highest BCUT2D eigenvalue weighted by molar-refractivity contribution is 5.97. The lowest BCUT2D eigenvalue weighted by atomic mass is 9.90. The Morgan fingerprint density at radius 1 is 0.897 bits per heavy atom. The number of carbonyl (C=O) groups is 2. The average Bonchev–Trinajstić information content (AvgIpc) is 2.79. The van der Waals surface area contributed by atoms with E-state index in [1.165, 1.54) is 12.0 Å². The summed E-state index contributed by atoms with van der Waals surface area (Å²) in [7, 11) is 0. The molecule has 0 atom stereocenters. The van der Waals surface area contributed by atoms with Gasteiger partial charge >= 0.3 is 0 Å². The molecular formula is C25H30N2O2. The first-order chi connectivity index (χ1) is 14.2. The molecule has 2 amide bonds. The molecule has 2 fully saturated rings. The van der Waals surface area contributed by atoms with Crippen LogP contribution in [-0.2, 0) is 11.2 Å². The largest absolute Gasteiger partial charge is 0.339 e. The Labute approximate surface area is 173 Å². The molecule has 2 heterocycles. The zero-order chi connectivity index (χ0) is 20.1. The van der Waals surface area contributed by atoms with Crippen molar-refractivity contribution in [3.05, 3.63) is 65.7 Å². The summed E-state index contributed by atoms with van der Waals surface area (Å²) >= 11 is 0. The Kier molecular flexibility index (Phi) is 6.28. The summed E-state index contributed by atoms with van der Waals surface area (Å²) in [6, 6.07) is 18.2. The van der Waals surface area contributed by atoms with Gasteiger partial charge in [0.2, 0.25) is 5.91 Å². The van der Waals surface area contributed by atoms with E-state index in [-0.39, 0.29) is 11.8 Å². The maximum atomic E-state index is 12.9. The van der Waals surface area contributed by atoms with Crippen LogP contribution in [0.5, 0.6) is 0 Å². The molecule has 0 aliphatic carbocycles. The number of benzene rings is 2. The summed E-state index contributed by atoms with van der Waals surface area (Å²) in [4.78, 5) is 28.8. The van der Waals surface area contributed by atoms with Gasteiger partial charge in [-0.1, -0.05) is 30.3 Å². The van der Waals surface area contributed by atoms with Crippen molar-refractivity contribution in [3.8, 4) is 0 Å². The van der Waals surface area contributed by atoms with Crippen LogP contribution in [0.2, 0.25) is 0 Å². The topological polar surface area (TPSA) is 40.6 Å². The van der Waals surface area contributed by atoms with Crippen molar-refractivity contribution in [2.24, 2.45) is 5.92 Å². The second-order valence-corrected chi connectivity index (χ2v) is 8.31. The molecule has 29 heavy (non-hydrogen) atoms. The van der Waals surface area contributed by atoms with Crippen LogP contribution in [0.3, 0.4) is 0 Å². The van der Waals surface area contributed by atoms with Gasteiger partial charge in [0, 0.05) is 37.3 Å². The number of amides is 2. The molecule has 4 heteroatoms. The molecule has 0 saturated carbocycles. The summed E-state index contributed by atoms with van der Waals surface area (Å²) in [6.07, 6.45) is 7.14. The second-order valence-electron chi connectivity index (χ2n) is 8.31. The van der Waals surface area contributed by atoms with Crippen LogP contribution in [0.1, 0.15) is 54.4 Å². The Morgan fingerprint density at radius 2 is 1.62 bits per heavy atom. The minimum atomic E-state index is 0.114. The van der Waals surface area contributed by atoms with Gasteiger partial charge < -0.3 is 9.80 Å². The molecule has 2 aromatic rings. The third kappa shape index (κ3) is 4.87. The average molecular weight is 391 g/mol. The quantitative estimate of drug-likeness (QED) is 0.743. The predicted octanol–water partition coefficient (Wildman–Crippen LogP) is 4.69. The van der Waals surface area contributed by atoms with E-state index in [0.717, 1.165) is 63.0 Å². The standard InChI is InChI=1S/C25H30N2O2/c28-24-8-4-5-17-27(24)23-13-11-22(12-14-23)25(29)26-18-15-21(16-19-26)10-9-20-6-2-1-3-7-20/h1-3,6-7,11-14,21H,4-5,8-10,15-19H2. The third-order valence-electron chi connectivity index (χ3n) is 6.34. The number of rotatable bonds is 5. The van der Waals surface area contributed by atoms with Gasteiger partial charge in [0.25, 0.3) is 5.91 Å². The van der Waals surface area contributed by atoms with Crippen molar-refractivity contribution in [2.45, 2.75) is 44.9 Å². The molecule has 0 spiro atoms.